The van der Waals surface area contributed by atoms with E-state index in [0.29, 0.717) is 6.42 Å². The van der Waals surface area contributed by atoms with Crippen molar-refractivity contribution in [2.24, 2.45) is 11.7 Å². The molecule has 0 aromatic carbocycles. The molecule has 3 N–H and O–H groups in total. The average Bonchev–Trinajstić information content (AvgIpc) is 2.71. The minimum Gasteiger partial charge on any atom is -0.481 e. The highest BCUT2D eigenvalue weighted by Crippen LogP contribution is 2.42. The molecule has 90 valence electrons. The first-order valence-electron chi connectivity index (χ1n) is 5.67. The molecule has 2 bridgehead atoms. The number of hydrogen-bond acceptors (Lipinski definition) is 3. The normalized spacial score (nSPS) is 33.2. The van der Waals surface area contributed by atoms with Crippen LogP contribution in [0.4, 0.5) is 0 Å². The zero-order chi connectivity index (χ0) is 12.1. The summed E-state index contributed by atoms with van der Waals surface area (Å²) in [7, 11) is 0. The molecular weight excluding hydrogens is 208 g/mol. The lowest BCUT2D eigenvalue weighted by Crippen LogP contribution is -2.53. The first-order chi connectivity index (χ1) is 7.32. The zero-order valence-corrected chi connectivity index (χ0v) is 9.64. The third kappa shape index (κ3) is 1.59. The van der Waals surface area contributed by atoms with Gasteiger partial charge < -0.3 is 15.7 Å². The molecule has 2 heterocycles. The van der Waals surface area contributed by atoms with Crippen LogP contribution in [0, 0.1) is 5.92 Å². The number of carboxylic acid groups (broad SMARTS) is 1. The van der Waals surface area contributed by atoms with Gasteiger partial charge in [-0.25, -0.2) is 0 Å². The highest BCUT2D eigenvalue weighted by atomic mass is 16.4. The van der Waals surface area contributed by atoms with Crippen molar-refractivity contribution >= 4 is 11.9 Å². The van der Waals surface area contributed by atoms with Gasteiger partial charge in [0.2, 0.25) is 5.91 Å². The molecule has 2 rings (SSSR count). The Labute approximate surface area is 94.6 Å². The summed E-state index contributed by atoms with van der Waals surface area (Å²) in [5.74, 6) is -1.31. The van der Waals surface area contributed by atoms with Crippen LogP contribution in [0.15, 0.2) is 0 Å². The van der Waals surface area contributed by atoms with Gasteiger partial charge in [-0.2, -0.15) is 0 Å². The summed E-state index contributed by atoms with van der Waals surface area (Å²) in [4.78, 5) is 24.9. The number of amides is 1. The molecule has 3 atom stereocenters. The number of aliphatic carboxylic acids is 1. The van der Waals surface area contributed by atoms with Gasteiger partial charge in [0.05, 0.1) is 11.5 Å². The summed E-state index contributed by atoms with van der Waals surface area (Å²) >= 11 is 0. The average molecular weight is 226 g/mol. The standard InChI is InChI=1S/C11H18N2O3/c1-11(2,12)10(16)13-6-3-4-8(13)7(5-6)9(14)15/h6-8H,3-5,12H2,1-2H3,(H,14,15). The first kappa shape index (κ1) is 11.4. The Morgan fingerprint density at radius 1 is 1.38 bits per heavy atom. The number of fused-ring (bicyclic) bond motifs is 2. The highest BCUT2D eigenvalue weighted by Gasteiger charge is 2.52. The summed E-state index contributed by atoms with van der Waals surface area (Å²) in [6, 6.07) is -0.0563. The quantitative estimate of drug-likeness (QED) is 0.704. The van der Waals surface area contributed by atoms with Gasteiger partial charge >= 0.3 is 5.97 Å². The van der Waals surface area contributed by atoms with Crippen molar-refractivity contribution in [2.75, 3.05) is 0 Å². The number of carbonyl (C=O) groups is 2. The smallest absolute Gasteiger partial charge is 0.308 e. The summed E-state index contributed by atoms with van der Waals surface area (Å²) in [5, 5.41) is 9.07. The molecule has 0 aliphatic carbocycles. The molecule has 0 saturated carbocycles. The van der Waals surface area contributed by atoms with Crippen LogP contribution in [0.1, 0.15) is 33.1 Å². The fourth-order valence-electron chi connectivity index (χ4n) is 2.90. The van der Waals surface area contributed by atoms with Gasteiger partial charge in [0.1, 0.15) is 0 Å². The Kier molecular flexibility index (Phi) is 2.45. The molecular formula is C11H18N2O3. The molecule has 2 aliphatic heterocycles. The topological polar surface area (TPSA) is 83.6 Å². The van der Waals surface area contributed by atoms with Crippen molar-refractivity contribution in [3.63, 3.8) is 0 Å². The van der Waals surface area contributed by atoms with Crippen LogP contribution in [0.5, 0.6) is 0 Å². The number of hydrogen-bond donors (Lipinski definition) is 2. The SMILES string of the molecule is CC(C)(N)C(=O)N1C2CCC1C(C(=O)O)C2. The van der Waals surface area contributed by atoms with Crippen molar-refractivity contribution in [1.82, 2.24) is 4.90 Å². The summed E-state index contributed by atoms with van der Waals surface area (Å²) in [5.41, 5.74) is 4.89. The minimum absolute atomic E-state index is 0.0847. The lowest BCUT2D eigenvalue weighted by Gasteiger charge is -2.29. The van der Waals surface area contributed by atoms with E-state index in [4.69, 9.17) is 10.8 Å². The van der Waals surface area contributed by atoms with E-state index >= 15 is 0 Å². The van der Waals surface area contributed by atoms with Crippen molar-refractivity contribution in [3.8, 4) is 0 Å². The number of nitrogens with zero attached hydrogens (tertiary/aromatic N) is 1. The van der Waals surface area contributed by atoms with Gasteiger partial charge in [-0.1, -0.05) is 0 Å². The Balaban J connectivity index is 2.20. The van der Waals surface area contributed by atoms with Crippen molar-refractivity contribution in [3.05, 3.63) is 0 Å². The largest absolute Gasteiger partial charge is 0.481 e. The maximum absolute atomic E-state index is 12.1. The van der Waals surface area contributed by atoms with Gasteiger partial charge in [-0.3, -0.25) is 9.59 Å². The molecule has 2 fully saturated rings. The molecule has 16 heavy (non-hydrogen) atoms. The Hall–Kier alpha value is -1.10. The Bertz CT molecular complexity index is 335. The van der Waals surface area contributed by atoms with Crippen molar-refractivity contribution in [2.45, 2.75) is 50.7 Å². The number of carboxylic acids is 1. The van der Waals surface area contributed by atoms with E-state index in [0.717, 1.165) is 12.8 Å². The van der Waals surface area contributed by atoms with Gasteiger partial charge in [0.25, 0.3) is 0 Å². The maximum atomic E-state index is 12.1. The van der Waals surface area contributed by atoms with E-state index in [-0.39, 0.29) is 18.0 Å². The van der Waals surface area contributed by atoms with Crippen LogP contribution >= 0.6 is 0 Å². The molecule has 2 saturated heterocycles. The zero-order valence-electron chi connectivity index (χ0n) is 9.64. The molecule has 5 heteroatoms. The molecule has 2 aliphatic rings. The van der Waals surface area contributed by atoms with E-state index in [1.807, 2.05) is 0 Å². The molecule has 1 amide bonds. The molecule has 3 unspecified atom stereocenters. The van der Waals surface area contributed by atoms with E-state index in [1.165, 1.54) is 0 Å². The van der Waals surface area contributed by atoms with E-state index in [2.05, 4.69) is 0 Å². The lowest BCUT2D eigenvalue weighted by atomic mass is 9.89. The molecule has 0 radical (unpaired) electrons. The van der Waals surface area contributed by atoms with Gasteiger partial charge in [0.15, 0.2) is 0 Å². The molecule has 0 spiro atoms. The number of rotatable bonds is 2. The first-order valence-corrected chi connectivity index (χ1v) is 5.67. The fourth-order valence-corrected chi connectivity index (χ4v) is 2.90. The second-order valence-electron chi connectivity index (χ2n) is 5.41. The fraction of sp³-hybridized carbons (Fsp3) is 0.818. The van der Waals surface area contributed by atoms with Crippen LogP contribution in [0.2, 0.25) is 0 Å². The van der Waals surface area contributed by atoms with E-state index < -0.39 is 17.4 Å². The monoisotopic (exact) mass is 226 g/mol. The summed E-state index contributed by atoms with van der Waals surface area (Å²) < 4.78 is 0. The van der Waals surface area contributed by atoms with Crippen LogP contribution in [-0.4, -0.2) is 39.5 Å². The summed E-state index contributed by atoms with van der Waals surface area (Å²) in [6.07, 6.45) is 2.29. The minimum atomic E-state index is -0.908. The third-order valence-electron chi connectivity index (χ3n) is 3.64. The number of carbonyl (C=O) groups excluding carboxylic acids is 1. The van der Waals surface area contributed by atoms with Gasteiger partial charge in [-0.15, -0.1) is 0 Å². The molecule has 5 nitrogen and oxygen atoms in total. The molecule has 0 aromatic rings. The second-order valence-corrected chi connectivity index (χ2v) is 5.41. The van der Waals surface area contributed by atoms with E-state index in [9.17, 15) is 9.59 Å². The molecule has 0 aromatic heterocycles. The Morgan fingerprint density at radius 2 is 2.00 bits per heavy atom. The van der Waals surface area contributed by atoms with Gasteiger partial charge in [0, 0.05) is 12.1 Å². The second kappa shape index (κ2) is 3.45. The van der Waals surface area contributed by atoms with E-state index in [1.54, 1.807) is 18.7 Å². The maximum Gasteiger partial charge on any atom is 0.308 e. The van der Waals surface area contributed by atoms with Crippen molar-refractivity contribution < 1.29 is 14.7 Å². The Morgan fingerprint density at radius 3 is 2.44 bits per heavy atom. The predicted molar refractivity (Wildman–Crippen MR) is 57.7 cm³/mol. The predicted octanol–water partition coefficient (Wildman–Crippen LogP) is 0.188. The third-order valence-corrected chi connectivity index (χ3v) is 3.64. The van der Waals surface area contributed by atoms with Crippen LogP contribution in [0.25, 0.3) is 0 Å². The lowest BCUT2D eigenvalue weighted by molar-refractivity contribution is -0.143. The highest BCUT2D eigenvalue weighted by molar-refractivity contribution is 5.87. The van der Waals surface area contributed by atoms with Crippen molar-refractivity contribution in [1.29, 1.82) is 0 Å². The van der Waals surface area contributed by atoms with Crippen LogP contribution in [0.3, 0.4) is 0 Å². The van der Waals surface area contributed by atoms with Crippen LogP contribution in [-0.2, 0) is 9.59 Å². The number of nitrogens with two attached hydrogens (primary N) is 1. The van der Waals surface area contributed by atoms with Crippen LogP contribution < -0.4 is 5.73 Å². The van der Waals surface area contributed by atoms with Gasteiger partial charge in [-0.05, 0) is 33.1 Å². The summed E-state index contributed by atoms with van der Waals surface area (Å²) in [6.45, 7) is 3.34.